The van der Waals surface area contributed by atoms with Crippen molar-refractivity contribution in [3.8, 4) is 5.75 Å². The van der Waals surface area contributed by atoms with E-state index in [1.165, 1.54) is 24.0 Å². The SMILES string of the molecule is CC12CCN(CC3CC3)[C@H](Cc3ccc(O)cc31)[C@@H]2NC(=O)c1ccsc1. The highest BCUT2D eigenvalue weighted by Crippen LogP contribution is 2.47. The molecule has 5 rings (SSSR count). The number of thiophene rings is 1. The maximum atomic E-state index is 12.9. The van der Waals surface area contributed by atoms with Crippen molar-refractivity contribution in [2.24, 2.45) is 5.92 Å². The van der Waals surface area contributed by atoms with Gasteiger partial charge in [0.25, 0.3) is 5.91 Å². The Morgan fingerprint density at radius 2 is 2.22 bits per heavy atom. The number of nitrogens with zero attached hydrogens (tertiary/aromatic N) is 1. The lowest BCUT2D eigenvalue weighted by molar-refractivity contribution is 0.0394. The molecule has 4 nitrogen and oxygen atoms in total. The summed E-state index contributed by atoms with van der Waals surface area (Å²) in [7, 11) is 0. The van der Waals surface area contributed by atoms with E-state index in [-0.39, 0.29) is 17.4 Å². The molecule has 1 amide bonds. The van der Waals surface area contributed by atoms with E-state index in [0.717, 1.165) is 37.4 Å². The van der Waals surface area contributed by atoms with Crippen LogP contribution in [-0.2, 0) is 11.8 Å². The van der Waals surface area contributed by atoms with Gasteiger partial charge in [-0.3, -0.25) is 9.69 Å². The lowest BCUT2D eigenvalue weighted by Gasteiger charge is -2.55. The van der Waals surface area contributed by atoms with Crippen molar-refractivity contribution in [3.63, 3.8) is 0 Å². The van der Waals surface area contributed by atoms with Gasteiger partial charge in [0.15, 0.2) is 0 Å². The molecule has 142 valence electrons. The molecule has 1 unspecified atom stereocenters. The molecule has 1 saturated carbocycles. The van der Waals surface area contributed by atoms with E-state index in [1.807, 2.05) is 22.9 Å². The van der Waals surface area contributed by atoms with E-state index in [0.29, 0.717) is 11.8 Å². The summed E-state index contributed by atoms with van der Waals surface area (Å²) in [5, 5.41) is 17.4. The number of hydrogen-bond acceptors (Lipinski definition) is 4. The average molecular weight is 383 g/mol. The summed E-state index contributed by atoms with van der Waals surface area (Å²) in [6.07, 6.45) is 4.63. The summed E-state index contributed by atoms with van der Waals surface area (Å²) in [5.41, 5.74) is 3.13. The van der Waals surface area contributed by atoms with Crippen LogP contribution in [0, 0.1) is 5.92 Å². The fourth-order valence-electron chi connectivity index (χ4n) is 5.11. The van der Waals surface area contributed by atoms with E-state index in [4.69, 9.17) is 0 Å². The summed E-state index contributed by atoms with van der Waals surface area (Å²) in [5.74, 6) is 1.18. The zero-order valence-corrected chi connectivity index (χ0v) is 16.5. The molecule has 0 spiro atoms. The smallest absolute Gasteiger partial charge is 0.252 e. The Bertz CT molecular complexity index is 861. The van der Waals surface area contributed by atoms with Crippen molar-refractivity contribution < 1.29 is 9.90 Å². The summed E-state index contributed by atoms with van der Waals surface area (Å²) in [4.78, 5) is 15.5. The van der Waals surface area contributed by atoms with Crippen LogP contribution in [0.3, 0.4) is 0 Å². The molecule has 3 atom stereocenters. The maximum Gasteiger partial charge on any atom is 0.252 e. The first-order chi connectivity index (χ1) is 13.0. The largest absolute Gasteiger partial charge is 0.508 e. The normalized spacial score (nSPS) is 30.0. The number of aromatic hydroxyl groups is 1. The van der Waals surface area contributed by atoms with Gasteiger partial charge in [0.05, 0.1) is 6.04 Å². The van der Waals surface area contributed by atoms with Gasteiger partial charge >= 0.3 is 0 Å². The van der Waals surface area contributed by atoms with Gasteiger partial charge < -0.3 is 10.4 Å². The van der Waals surface area contributed by atoms with Gasteiger partial charge in [0.2, 0.25) is 0 Å². The third-order valence-electron chi connectivity index (χ3n) is 6.86. The third-order valence-corrected chi connectivity index (χ3v) is 7.54. The molecule has 2 fully saturated rings. The third kappa shape index (κ3) is 2.97. The fourth-order valence-corrected chi connectivity index (χ4v) is 5.75. The second-order valence-corrected chi connectivity index (χ2v) is 9.46. The van der Waals surface area contributed by atoms with Crippen molar-refractivity contribution in [1.82, 2.24) is 10.2 Å². The topological polar surface area (TPSA) is 52.6 Å². The fraction of sp³-hybridized carbons (Fsp3) is 0.500. The molecular formula is C22H26N2O2S. The van der Waals surface area contributed by atoms with Gasteiger partial charge in [-0.05, 0) is 72.9 Å². The minimum absolute atomic E-state index is 0.0225. The Morgan fingerprint density at radius 1 is 1.37 bits per heavy atom. The summed E-state index contributed by atoms with van der Waals surface area (Å²) >= 11 is 1.55. The predicted molar refractivity (Wildman–Crippen MR) is 107 cm³/mol. The van der Waals surface area contributed by atoms with Gasteiger partial charge in [-0.15, -0.1) is 0 Å². The number of phenols is 1. The highest BCUT2D eigenvalue weighted by atomic mass is 32.1. The van der Waals surface area contributed by atoms with Gasteiger partial charge in [-0.25, -0.2) is 0 Å². The Kier molecular flexibility index (Phi) is 4.06. The number of likely N-dealkylation sites (tertiary alicyclic amines) is 1. The van der Waals surface area contributed by atoms with Crippen molar-refractivity contribution in [2.45, 2.75) is 50.1 Å². The molecule has 2 aliphatic carbocycles. The first-order valence-corrected chi connectivity index (χ1v) is 10.9. The maximum absolute atomic E-state index is 12.9. The zero-order chi connectivity index (χ0) is 18.6. The minimum atomic E-state index is -0.150. The number of fused-ring (bicyclic) bond motifs is 4. The Balaban J connectivity index is 1.52. The molecule has 0 radical (unpaired) electrons. The first kappa shape index (κ1) is 17.3. The standard InChI is InChI=1S/C22H26N2O2S/c1-22-7-8-24(12-14-2-3-14)19(10-15-4-5-17(25)11-18(15)22)20(22)23-21(26)16-6-9-27-13-16/h4-6,9,11,13-14,19-20,25H,2-3,7-8,10,12H2,1H3,(H,23,26)/t19-,20+,22?/m1/s1. The molecule has 1 aliphatic heterocycles. The zero-order valence-electron chi connectivity index (χ0n) is 15.6. The van der Waals surface area contributed by atoms with Crippen LogP contribution in [0.2, 0.25) is 0 Å². The Morgan fingerprint density at radius 3 is 2.96 bits per heavy atom. The lowest BCUT2D eigenvalue weighted by atomic mass is 9.61. The molecule has 5 heteroatoms. The monoisotopic (exact) mass is 382 g/mol. The van der Waals surface area contributed by atoms with E-state index in [9.17, 15) is 9.90 Å². The molecule has 1 saturated heterocycles. The minimum Gasteiger partial charge on any atom is -0.508 e. The average Bonchev–Trinajstić information content (AvgIpc) is 3.29. The summed E-state index contributed by atoms with van der Waals surface area (Å²) in [6, 6.07) is 8.07. The van der Waals surface area contributed by atoms with Crippen LogP contribution in [0.15, 0.2) is 35.0 Å². The van der Waals surface area contributed by atoms with Crippen molar-refractivity contribution in [3.05, 3.63) is 51.7 Å². The molecule has 2 heterocycles. The molecule has 27 heavy (non-hydrogen) atoms. The van der Waals surface area contributed by atoms with Crippen molar-refractivity contribution in [1.29, 1.82) is 0 Å². The van der Waals surface area contributed by atoms with Crippen LogP contribution in [0.5, 0.6) is 5.75 Å². The quantitative estimate of drug-likeness (QED) is 0.850. The molecule has 3 aliphatic rings. The molecule has 2 N–H and O–H groups in total. The van der Waals surface area contributed by atoms with Crippen LogP contribution in [0.4, 0.5) is 0 Å². The molecule has 2 bridgehead atoms. The Labute approximate surface area is 164 Å². The number of carbonyl (C=O) groups is 1. The number of rotatable bonds is 4. The van der Waals surface area contributed by atoms with Crippen LogP contribution in [0.25, 0.3) is 0 Å². The number of phenolic OH excluding ortho intramolecular Hbond substituents is 1. The number of amides is 1. The van der Waals surface area contributed by atoms with E-state index >= 15 is 0 Å². The number of carbonyl (C=O) groups excluding carboxylic acids is 1. The van der Waals surface area contributed by atoms with Crippen LogP contribution in [-0.4, -0.2) is 41.1 Å². The first-order valence-electron chi connectivity index (χ1n) is 9.94. The number of hydrogen-bond donors (Lipinski definition) is 2. The van der Waals surface area contributed by atoms with Gasteiger partial charge in [0, 0.05) is 28.9 Å². The highest BCUT2D eigenvalue weighted by molar-refractivity contribution is 7.08. The van der Waals surface area contributed by atoms with Crippen molar-refractivity contribution in [2.75, 3.05) is 13.1 Å². The van der Waals surface area contributed by atoms with Gasteiger partial charge in [-0.2, -0.15) is 11.3 Å². The molecule has 1 aromatic heterocycles. The van der Waals surface area contributed by atoms with Crippen LogP contribution < -0.4 is 5.32 Å². The van der Waals surface area contributed by atoms with Crippen LogP contribution in [0.1, 0.15) is 47.7 Å². The summed E-state index contributed by atoms with van der Waals surface area (Å²) < 4.78 is 0. The number of benzene rings is 1. The highest BCUT2D eigenvalue weighted by Gasteiger charge is 2.52. The molecule has 1 aromatic carbocycles. The molecular weight excluding hydrogens is 356 g/mol. The predicted octanol–water partition coefficient (Wildman–Crippen LogP) is 3.55. The second-order valence-electron chi connectivity index (χ2n) is 8.68. The number of nitrogens with one attached hydrogen (secondary N) is 1. The van der Waals surface area contributed by atoms with Crippen molar-refractivity contribution >= 4 is 17.2 Å². The molecule has 2 aromatic rings. The lowest BCUT2D eigenvalue weighted by Crippen LogP contribution is -2.68. The number of piperidine rings is 1. The second kappa shape index (κ2) is 6.35. The van der Waals surface area contributed by atoms with E-state index in [1.54, 1.807) is 17.4 Å². The Hall–Kier alpha value is -1.85. The van der Waals surface area contributed by atoms with Gasteiger partial charge in [0.1, 0.15) is 5.75 Å². The van der Waals surface area contributed by atoms with E-state index in [2.05, 4.69) is 23.2 Å². The van der Waals surface area contributed by atoms with E-state index < -0.39 is 0 Å². The van der Waals surface area contributed by atoms with Crippen LogP contribution >= 0.6 is 11.3 Å². The summed E-state index contributed by atoms with van der Waals surface area (Å²) in [6.45, 7) is 4.49. The van der Waals surface area contributed by atoms with Gasteiger partial charge in [-0.1, -0.05) is 13.0 Å².